The third-order valence-electron chi connectivity index (χ3n) is 3.10. The number of nitro benzene ring substituents is 1. The van der Waals surface area contributed by atoms with E-state index in [4.69, 9.17) is 5.11 Å². The highest BCUT2D eigenvalue weighted by Crippen LogP contribution is 2.44. The Bertz CT molecular complexity index is 520. The lowest BCUT2D eigenvalue weighted by Gasteiger charge is -2.26. The van der Waals surface area contributed by atoms with Crippen molar-refractivity contribution in [2.45, 2.75) is 30.2 Å². The molecular weight excluding hydrogens is 256 g/mol. The minimum atomic E-state index is -0.927. The smallest absolute Gasteiger partial charge is 0.305 e. The normalized spacial score (nSPS) is 21.6. The van der Waals surface area contributed by atoms with Crippen molar-refractivity contribution in [2.24, 2.45) is 0 Å². The van der Waals surface area contributed by atoms with Gasteiger partial charge >= 0.3 is 5.97 Å². The summed E-state index contributed by atoms with van der Waals surface area (Å²) in [6.45, 7) is 1.87. The second-order valence-corrected chi connectivity index (χ2v) is 5.00. The van der Waals surface area contributed by atoms with E-state index in [9.17, 15) is 14.9 Å². The van der Waals surface area contributed by atoms with Crippen molar-refractivity contribution < 1.29 is 14.8 Å². The zero-order chi connectivity index (χ0) is 13.3. The van der Waals surface area contributed by atoms with Crippen molar-refractivity contribution in [3.05, 3.63) is 33.9 Å². The second kappa shape index (κ2) is 4.58. The van der Waals surface area contributed by atoms with Crippen LogP contribution in [0.2, 0.25) is 0 Å². The largest absolute Gasteiger partial charge is 0.481 e. The molecule has 1 unspecified atom stereocenters. The van der Waals surface area contributed by atoms with Crippen LogP contribution in [0.3, 0.4) is 0 Å². The maximum atomic E-state index is 11.0. The average Bonchev–Trinajstić information content (AvgIpc) is 2.67. The molecule has 1 aromatic carbocycles. The fraction of sp³-hybridized carbons (Fsp3) is 0.364. The van der Waals surface area contributed by atoms with Gasteiger partial charge in [-0.15, -0.1) is 0 Å². The molecule has 1 heterocycles. The minimum absolute atomic E-state index is 0.0127. The molecule has 2 N–H and O–H groups in total. The highest BCUT2D eigenvalue weighted by molar-refractivity contribution is 7.97. The molecule has 0 saturated carbocycles. The van der Waals surface area contributed by atoms with E-state index in [1.807, 2.05) is 6.92 Å². The second-order valence-electron chi connectivity index (χ2n) is 4.15. The lowest BCUT2D eigenvalue weighted by atomic mass is 9.85. The molecule has 0 saturated heterocycles. The molecule has 0 bridgehead atoms. The van der Waals surface area contributed by atoms with Crippen LogP contribution in [-0.4, -0.2) is 16.0 Å². The van der Waals surface area contributed by atoms with E-state index in [0.717, 1.165) is 4.90 Å². The topological polar surface area (TPSA) is 92.5 Å². The van der Waals surface area contributed by atoms with Crippen LogP contribution in [0.4, 0.5) is 5.69 Å². The van der Waals surface area contributed by atoms with Crippen LogP contribution in [0.15, 0.2) is 23.1 Å². The minimum Gasteiger partial charge on any atom is -0.481 e. The maximum Gasteiger partial charge on any atom is 0.305 e. The zero-order valence-electron chi connectivity index (χ0n) is 9.67. The molecule has 96 valence electrons. The highest BCUT2D eigenvalue weighted by atomic mass is 32.2. The van der Waals surface area contributed by atoms with Gasteiger partial charge in [0, 0.05) is 17.0 Å². The Morgan fingerprint density at radius 2 is 2.33 bits per heavy atom. The van der Waals surface area contributed by atoms with Crippen molar-refractivity contribution in [1.82, 2.24) is 4.72 Å². The van der Waals surface area contributed by atoms with Crippen molar-refractivity contribution in [1.29, 1.82) is 0 Å². The Balaban J connectivity index is 2.49. The number of hydrogen-bond donors (Lipinski definition) is 2. The molecule has 18 heavy (non-hydrogen) atoms. The van der Waals surface area contributed by atoms with Gasteiger partial charge in [0.15, 0.2) is 0 Å². The molecule has 0 radical (unpaired) electrons. The lowest BCUT2D eigenvalue weighted by Crippen LogP contribution is -2.36. The predicted molar refractivity (Wildman–Crippen MR) is 66.3 cm³/mol. The van der Waals surface area contributed by atoms with E-state index in [0.29, 0.717) is 12.0 Å². The van der Waals surface area contributed by atoms with Crippen LogP contribution in [0.1, 0.15) is 25.3 Å². The first kappa shape index (κ1) is 12.8. The predicted octanol–water partition coefficient (Wildman–Crippen LogP) is 2.29. The molecule has 0 spiro atoms. The molecule has 0 aromatic heterocycles. The number of fused-ring (bicyclic) bond motifs is 1. The summed E-state index contributed by atoms with van der Waals surface area (Å²) in [5.74, 6) is -0.927. The first-order valence-electron chi connectivity index (χ1n) is 5.43. The number of benzene rings is 1. The summed E-state index contributed by atoms with van der Waals surface area (Å²) in [4.78, 5) is 22.1. The summed E-state index contributed by atoms with van der Waals surface area (Å²) >= 11 is 1.33. The van der Waals surface area contributed by atoms with E-state index >= 15 is 0 Å². The molecule has 0 fully saturated rings. The van der Waals surface area contributed by atoms with E-state index in [1.165, 1.54) is 24.1 Å². The number of carbonyl (C=O) groups is 1. The summed E-state index contributed by atoms with van der Waals surface area (Å²) in [5, 5.41) is 19.8. The third kappa shape index (κ3) is 2.06. The number of nitrogens with zero attached hydrogens (tertiary/aromatic N) is 1. The van der Waals surface area contributed by atoms with Gasteiger partial charge in [0.1, 0.15) is 0 Å². The summed E-state index contributed by atoms with van der Waals surface area (Å²) in [6.07, 6.45) is 0.463. The summed E-state index contributed by atoms with van der Waals surface area (Å²) in [7, 11) is 0. The lowest BCUT2D eigenvalue weighted by molar-refractivity contribution is -0.385. The Morgan fingerprint density at radius 3 is 2.89 bits per heavy atom. The third-order valence-corrected chi connectivity index (χ3v) is 4.17. The first-order chi connectivity index (χ1) is 8.48. The monoisotopic (exact) mass is 268 g/mol. The van der Waals surface area contributed by atoms with Crippen LogP contribution in [0.5, 0.6) is 0 Å². The molecule has 0 amide bonds. The van der Waals surface area contributed by atoms with Crippen LogP contribution in [0.25, 0.3) is 0 Å². The summed E-state index contributed by atoms with van der Waals surface area (Å²) in [6, 6.07) is 4.55. The van der Waals surface area contributed by atoms with Gasteiger partial charge in [-0.05, 0) is 30.0 Å². The van der Waals surface area contributed by atoms with E-state index in [1.54, 1.807) is 6.07 Å². The molecule has 1 aliphatic rings. The molecule has 6 nitrogen and oxygen atoms in total. The SMILES string of the molecule is CCC1(CC(=O)O)NSc2ccc([N+](=O)[O-])cc21. The van der Waals surface area contributed by atoms with Gasteiger partial charge in [-0.1, -0.05) is 6.92 Å². The number of aliphatic carboxylic acids is 1. The van der Waals surface area contributed by atoms with Gasteiger partial charge in [-0.3, -0.25) is 14.9 Å². The quantitative estimate of drug-likeness (QED) is 0.494. The van der Waals surface area contributed by atoms with Crippen LogP contribution in [0, 0.1) is 10.1 Å². The number of non-ortho nitro benzene ring substituents is 1. The van der Waals surface area contributed by atoms with Crippen LogP contribution >= 0.6 is 11.9 Å². The van der Waals surface area contributed by atoms with Gasteiger partial charge in [0.25, 0.3) is 5.69 Å². The molecule has 0 aliphatic carbocycles. The van der Waals surface area contributed by atoms with E-state index in [-0.39, 0.29) is 12.1 Å². The number of carboxylic acid groups (broad SMARTS) is 1. The molecule has 7 heteroatoms. The van der Waals surface area contributed by atoms with E-state index in [2.05, 4.69) is 4.72 Å². The Kier molecular flexibility index (Phi) is 3.27. The van der Waals surface area contributed by atoms with Gasteiger partial charge in [-0.2, -0.15) is 0 Å². The number of carboxylic acids is 1. The van der Waals surface area contributed by atoms with Crippen molar-refractivity contribution >= 4 is 23.6 Å². The molecule has 1 aromatic rings. The Labute approximate surface area is 108 Å². The Hall–Kier alpha value is -1.60. The Morgan fingerprint density at radius 1 is 1.61 bits per heavy atom. The number of rotatable bonds is 4. The summed E-state index contributed by atoms with van der Waals surface area (Å²) in [5.41, 5.74) is -0.0365. The fourth-order valence-corrected chi connectivity index (χ4v) is 3.21. The fourth-order valence-electron chi connectivity index (χ4n) is 2.08. The molecule has 1 aliphatic heterocycles. The first-order valence-corrected chi connectivity index (χ1v) is 6.25. The van der Waals surface area contributed by atoms with Crippen molar-refractivity contribution in [2.75, 3.05) is 0 Å². The van der Waals surface area contributed by atoms with Gasteiger partial charge in [-0.25, -0.2) is 4.72 Å². The average molecular weight is 268 g/mol. The van der Waals surface area contributed by atoms with E-state index < -0.39 is 16.4 Å². The summed E-state index contributed by atoms with van der Waals surface area (Å²) < 4.78 is 3.10. The van der Waals surface area contributed by atoms with Crippen LogP contribution < -0.4 is 4.72 Å². The molecule has 1 atom stereocenters. The zero-order valence-corrected chi connectivity index (χ0v) is 10.5. The molecule has 2 rings (SSSR count). The number of hydrogen-bond acceptors (Lipinski definition) is 5. The highest BCUT2D eigenvalue weighted by Gasteiger charge is 2.40. The van der Waals surface area contributed by atoms with Gasteiger partial charge < -0.3 is 5.11 Å². The van der Waals surface area contributed by atoms with Crippen molar-refractivity contribution in [3.8, 4) is 0 Å². The van der Waals surface area contributed by atoms with Gasteiger partial charge in [0.05, 0.1) is 16.9 Å². The number of nitro groups is 1. The van der Waals surface area contributed by atoms with Crippen LogP contribution in [-0.2, 0) is 10.3 Å². The standard InChI is InChI=1S/C11H12N2O4S/c1-2-11(6-10(14)15)8-5-7(13(16)17)3-4-9(8)18-12-11/h3-5,12H,2,6H2,1H3,(H,14,15). The van der Waals surface area contributed by atoms with Gasteiger partial charge in [0.2, 0.25) is 0 Å². The maximum absolute atomic E-state index is 11.0. The number of nitrogens with one attached hydrogen (secondary N) is 1. The molecular formula is C11H12N2O4S. The van der Waals surface area contributed by atoms with Crippen molar-refractivity contribution in [3.63, 3.8) is 0 Å².